The maximum atomic E-state index is 5.25. The SMILES string of the molecule is CCOO[Si](C)(C)CCI. The van der Waals surface area contributed by atoms with E-state index in [1.54, 1.807) is 0 Å². The Morgan fingerprint density at radius 3 is 2.40 bits per heavy atom. The largest absolute Gasteiger partial charge is 0.287 e. The molecule has 0 aromatic carbocycles. The molecule has 0 aliphatic carbocycles. The van der Waals surface area contributed by atoms with Crippen molar-refractivity contribution in [1.29, 1.82) is 0 Å². The third-order valence-electron chi connectivity index (χ3n) is 1.10. The van der Waals surface area contributed by atoms with E-state index in [0.29, 0.717) is 6.61 Å². The number of halogens is 1. The standard InChI is InChI=1S/C6H15IO2Si/c1-4-8-9-10(2,3)6-5-7/h4-6H2,1-3H3. The van der Waals surface area contributed by atoms with Crippen molar-refractivity contribution < 1.29 is 9.46 Å². The molecule has 0 unspecified atom stereocenters. The molecule has 0 aliphatic heterocycles. The van der Waals surface area contributed by atoms with Crippen LogP contribution in [0.4, 0.5) is 0 Å². The summed E-state index contributed by atoms with van der Waals surface area (Å²) in [5.41, 5.74) is 0. The molecular weight excluding hydrogens is 259 g/mol. The van der Waals surface area contributed by atoms with Gasteiger partial charge in [-0.15, -0.1) is 0 Å². The fourth-order valence-electron chi connectivity index (χ4n) is 0.488. The molecule has 0 saturated heterocycles. The molecule has 0 spiro atoms. The van der Waals surface area contributed by atoms with E-state index in [9.17, 15) is 0 Å². The number of hydrogen-bond acceptors (Lipinski definition) is 2. The fourth-order valence-corrected chi connectivity index (χ4v) is 5.36. The zero-order valence-electron chi connectivity index (χ0n) is 6.82. The lowest BCUT2D eigenvalue weighted by Crippen LogP contribution is -2.30. The van der Waals surface area contributed by atoms with E-state index in [1.165, 1.54) is 0 Å². The molecule has 0 bridgehead atoms. The van der Waals surface area contributed by atoms with Crippen LogP contribution in [0, 0.1) is 0 Å². The highest BCUT2D eigenvalue weighted by Gasteiger charge is 2.22. The molecule has 0 N–H and O–H groups in total. The molecule has 10 heavy (non-hydrogen) atoms. The van der Waals surface area contributed by atoms with Crippen LogP contribution in [-0.2, 0) is 9.46 Å². The Kier molecular flexibility index (Phi) is 5.99. The molecule has 0 aromatic rings. The molecule has 2 nitrogen and oxygen atoms in total. The van der Waals surface area contributed by atoms with Gasteiger partial charge in [-0.05, 0) is 30.5 Å². The predicted octanol–water partition coefficient (Wildman–Crippen LogP) is 2.59. The van der Waals surface area contributed by atoms with Crippen molar-refractivity contribution in [3.63, 3.8) is 0 Å². The van der Waals surface area contributed by atoms with Crippen LogP contribution in [-0.4, -0.2) is 19.4 Å². The van der Waals surface area contributed by atoms with Crippen LogP contribution >= 0.6 is 22.6 Å². The van der Waals surface area contributed by atoms with E-state index in [-0.39, 0.29) is 0 Å². The molecular formula is C6H15IO2Si. The first-order valence-electron chi connectivity index (χ1n) is 3.49. The van der Waals surface area contributed by atoms with Crippen molar-refractivity contribution >= 4 is 30.9 Å². The lowest BCUT2D eigenvalue weighted by atomic mass is 10.9. The van der Waals surface area contributed by atoms with Crippen LogP contribution < -0.4 is 0 Å². The van der Waals surface area contributed by atoms with E-state index in [4.69, 9.17) is 9.46 Å². The summed E-state index contributed by atoms with van der Waals surface area (Å²) in [7, 11) is -1.45. The zero-order valence-corrected chi connectivity index (χ0v) is 9.97. The molecule has 0 rings (SSSR count). The Labute approximate surface area is 77.5 Å². The highest BCUT2D eigenvalue weighted by molar-refractivity contribution is 14.1. The minimum Gasteiger partial charge on any atom is -0.287 e. The Bertz CT molecular complexity index is 87.8. The Morgan fingerprint density at radius 1 is 1.40 bits per heavy atom. The molecule has 0 atom stereocenters. The van der Waals surface area contributed by atoms with Crippen LogP contribution in [0.3, 0.4) is 0 Å². The maximum absolute atomic E-state index is 5.25. The number of hydrogen-bond donors (Lipinski definition) is 0. The molecule has 4 heteroatoms. The van der Waals surface area contributed by atoms with E-state index >= 15 is 0 Å². The molecule has 0 heterocycles. The van der Waals surface area contributed by atoms with Crippen LogP contribution in [0.2, 0.25) is 19.1 Å². The van der Waals surface area contributed by atoms with Gasteiger partial charge in [0.05, 0.1) is 6.61 Å². The zero-order chi connectivity index (χ0) is 8.04. The van der Waals surface area contributed by atoms with Gasteiger partial charge >= 0.3 is 0 Å². The first-order valence-corrected chi connectivity index (χ1v) is 8.13. The molecule has 0 radical (unpaired) electrons. The summed E-state index contributed by atoms with van der Waals surface area (Å²) >= 11 is 2.36. The average molecular weight is 274 g/mol. The third kappa shape index (κ3) is 5.64. The summed E-state index contributed by atoms with van der Waals surface area (Å²) in [6.07, 6.45) is 0. The van der Waals surface area contributed by atoms with E-state index in [0.717, 1.165) is 10.5 Å². The second-order valence-electron chi connectivity index (χ2n) is 2.69. The molecule has 0 aliphatic rings. The highest BCUT2D eigenvalue weighted by Crippen LogP contribution is 2.12. The third-order valence-corrected chi connectivity index (χ3v) is 4.68. The van der Waals surface area contributed by atoms with Crippen LogP contribution in [0.25, 0.3) is 0 Å². The predicted molar refractivity (Wildman–Crippen MR) is 53.9 cm³/mol. The molecule has 0 amide bonds. The van der Waals surface area contributed by atoms with Crippen molar-refractivity contribution in [2.75, 3.05) is 11.0 Å². The monoisotopic (exact) mass is 274 g/mol. The molecule has 0 saturated carbocycles. The minimum atomic E-state index is -1.45. The van der Waals surface area contributed by atoms with Gasteiger partial charge < -0.3 is 0 Å². The number of rotatable bonds is 5. The summed E-state index contributed by atoms with van der Waals surface area (Å²) in [5.74, 6) is 0. The van der Waals surface area contributed by atoms with Crippen LogP contribution in [0.5, 0.6) is 0 Å². The lowest BCUT2D eigenvalue weighted by molar-refractivity contribution is -0.213. The van der Waals surface area contributed by atoms with Gasteiger partial charge in [-0.25, -0.2) is 4.89 Å². The molecule has 0 fully saturated rings. The van der Waals surface area contributed by atoms with Gasteiger partial charge in [0.25, 0.3) is 0 Å². The second-order valence-corrected chi connectivity index (χ2v) is 7.95. The summed E-state index contributed by atoms with van der Waals surface area (Å²) in [6, 6.07) is 1.16. The quantitative estimate of drug-likeness (QED) is 0.252. The number of alkyl halides is 1. The van der Waals surface area contributed by atoms with Crippen LogP contribution in [0.1, 0.15) is 6.92 Å². The van der Waals surface area contributed by atoms with Gasteiger partial charge in [0.2, 0.25) is 8.32 Å². The summed E-state index contributed by atoms with van der Waals surface area (Å²) in [6.45, 7) is 6.93. The minimum absolute atomic E-state index is 0.650. The van der Waals surface area contributed by atoms with Crippen molar-refractivity contribution in [2.24, 2.45) is 0 Å². The van der Waals surface area contributed by atoms with E-state index in [2.05, 4.69) is 35.7 Å². The summed E-state index contributed by atoms with van der Waals surface area (Å²) < 4.78 is 6.41. The molecule has 0 aromatic heterocycles. The van der Waals surface area contributed by atoms with Crippen LogP contribution in [0.15, 0.2) is 0 Å². The van der Waals surface area contributed by atoms with Crippen molar-refractivity contribution in [2.45, 2.75) is 26.1 Å². The van der Waals surface area contributed by atoms with E-state index in [1.807, 2.05) is 6.92 Å². The van der Waals surface area contributed by atoms with E-state index < -0.39 is 8.32 Å². The smallest absolute Gasteiger partial charge is 0.233 e. The van der Waals surface area contributed by atoms with Gasteiger partial charge in [-0.1, -0.05) is 22.6 Å². The topological polar surface area (TPSA) is 18.5 Å². The highest BCUT2D eigenvalue weighted by atomic mass is 127. The molecule has 62 valence electrons. The average Bonchev–Trinajstić information content (AvgIpc) is 1.84. The van der Waals surface area contributed by atoms with Crippen molar-refractivity contribution in [3.05, 3.63) is 0 Å². The van der Waals surface area contributed by atoms with Gasteiger partial charge in [0.15, 0.2) is 0 Å². The van der Waals surface area contributed by atoms with Crippen molar-refractivity contribution in [1.82, 2.24) is 0 Å². The van der Waals surface area contributed by atoms with Gasteiger partial charge in [-0.3, -0.25) is 4.58 Å². The second kappa shape index (κ2) is 5.51. The normalized spacial score (nSPS) is 12.0. The Balaban J connectivity index is 3.42. The summed E-state index contributed by atoms with van der Waals surface area (Å²) in [4.78, 5) is 4.91. The lowest BCUT2D eigenvalue weighted by Gasteiger charge is -2.18. The Morgan fingerprint density at radius 2 is 2.00 bits per heavy atom. The maximum Gasteiger partial charge on any atom is 0.233 e. The first-order chi connectivity index (χ1) is 4.62. The van der Waals surface area contributed by atoms with Gasteiger partial charge in [0.1, 0.15) is 0 Å². The van der Waals surface area contributed by atoms with Gasteiger partial charge in [-0.2, -0.15) is 0 Å². The fraction of sp³-hybridized carbons (Fsp3) is 1.00. The Hall–Kier alpha value is 0.867. The summed E-state index contributed by atoms with van der Waals surface area (Å²) in [5, 5.41) is 0. The first kappa shape index (κ1) is 10.9. The van der Waals surface area contributed by atoms with Crippen molar-refractivity contribution in [3.8, 4) is 0 Å². The van der Waals surface area contributed by atoms with Gasteiger partial charge in [0, 0.05) is 0 Å².